The summed E-state index contributed by atoms with van der Waals surface area (Å²) >= 11 is 5.73. The summed E-state index contributed by atoms with van der Waals surface area (Å²) in [7, 11) is 2.15. The van der Waals surface area contributed by atoms with E-state index in [1.54, 1.807) is 0 Å². The van der Waals surface area contributed by atoms with Crippen LogP contribution in [-0.4, -0.2) is 26.3 Å². The van der Waals surface area contributed by atoms with Crippen molar-refractivity contribution in [1.82, 2.24) is 19.2 Å². The van der Waals surface area contributed by atoms with E-state index in [2.05, 4.69) is 84.1 Å². The summed E-state index contributed by atoms with van der Waals surface area (Å²) in [5.74, 6) is 1.75. The zero-order valence-electron chi connectivity index (χ0n) is 16.0. The number of nitrogens with zero attached hydrogens (tertiary/aromatic N) is 4. The van der Waals surface area contributed by atoms with E-state index in [0.29, 0.717) is 12.6 Å². The standard InChI is InChI=1S/C22H26N4S/c1-3-25-21(19-14-15-19)23-26(22(25)27)16-24(2)20(17-10-6-4-7-11-17)18-12-8-5-9-13-18/h4-13,19-20H,3,14-16H2,1-2H3. The molecule has 140 valence electrons. The minimum Gasteiger partial charge on any atom is -0.304 e. The third-order valence-electron chi connectivity index (χ3n) is 5.24. The van der Waals surface area contributed by atoms with Crippen LogP contribution in [0.15, 0.2) is 60.7 Å². The van der Waals surface area contributed by atoms with Crippen molar-refractivity contribution in [3.8, 4) is 0 Å². The van der Waals surface area contributed by atoms with Crippen molar-refractivity contribution in [3.63, 3.8) is 0 Å². The Kier molecular flexibility index (Phi) is 5.23. The average molecular weight is 379 g/mol. The largest absolute Gasteiger partial charge is 0.304 e. The van der Waals surface area contributed by atoms with Crippen molar-refractivity contribution in [1.29, 1.82) is 0 Å². The number of rotatable bonds is 7. The van der Waals surface area contributed by atoms with Crippen LogP contribution < -0.4 is 0 Å². The third-order valence-corrected chi connectivity index (χ3v) is 5.67. The van der Waals surface area contributed by atoms with E-state index in [4.69, 9.17) is 17.3 Å². The van der Waals surface area contributed by atoms with Crippen molar-refractivity contribution >= 4 is 12.2 Å². The zero-order chi connectivity index (χ0) is 18.8. The van der Waals surface area contributed by atoms with Crippen LogP contribution in [0.1, 0.15) is 48.7 Å². The van der Waals surface area contributed by atoms with E-state index in [-0.39, 0.29) is 6.04 Å². The van der Waals surface area contributed by atoms with E-state index in [9.17, 15) is 0 Å². The molecule has 1 saturated carbocycles. The first-order valence-corrected chi connectivity index (χ1v) is 10.1. The van der Waals surface area contributed by atoms with Gasteiger partial charge in [-0.3, -0.25) is 4.90 Å². The number of hydrogen-bond donors (Lipinski definition) is 0. The van der Waals surface area contributed by atoms with Gasteiger partial charge in [0.25, 0.3) is 0 Å². The van der Waals surface area contributed by atoms with Gasteiger partial charge in [0.2, 0.25) is 0 Å². The number of aromatic nitrogens is 3. The van der Waals surface area contributed by atoms with Gasteiger partial charge in [-0.15, -0.1) is 0 Å². The predicted molar refractivity (Wildman–Crippen MR) is 111 cm³/mol. The second-order valence-corrected chi connectivity index (χ2v) is 7.65. The van der Waals surface area contributed by atoms with Gasteiger partial charge in [-0.25, -0.2) is 4.68 Å². The van der Waals surface area contributed by atoms with Crippen LogP contribution in [-0.2, 0) is 13.2 Å². The molecule has 0 unspecified atom stereocenters. The Balaban J connectivity index is 1.67. The maximum Gasteiger partial charge on any atom is 0.199 e. The maximum atomic E-state index is 5.73. The fraction of sp³-hybridized carbons (Fsp3) is 0.364. The lowest BCUT2D eigenvalue weighted by molar-refractivity contribution is 0.207. The van der Waals surface area contributed by atoms with Gasteiger partial charge in [0.1, 0.15) is 5.82 Å². The van der Waals surface area contributed by atoms with E-state index in [1.165, 1.54) is 24.0 Å². The molecule has 2 aromatic carbocycles. The first-order chi connectivity index (χ1) is 13.2. The summed E-state index contributed by atoms with van der Waals surface area (Å²) in [6, 6.07) is 21.4. The molecule has 3 aromatic rings. The third kappa shape index (κ3) is 3.75. The molecule has 0 spiro atoms. The van der Waals surface area contributed by atoms with Crippen LogP contribution in [0.2, 0.25) is 0 Å². The van der Waals surface area contributed by atoms with Gasteiger partial charge >= 0.3 is 0 Å². The van der Waals surface area contributed by atoms with Crippen molar-refractivity contribution in [2.45, 2.75) is 44.9 Å². The molecule has 1 aliphatic rings. The molecule has 1 fully saturated rings. The Morgan fingerprint density at radius 3 is 2.07 bits per heavy atom. The minimum absolute atomic E-state index is 0.158. The van der Waals surface area contributed by atoms with Crippen LogP contribution in [0.3, 0.4) is 0 Å². The summed E-state index contributed by atoms with van der Waals surface area (Å²) < 4.78 is 5.01. The van der Waals surface area contributed by atoms with Gasteiger partial charge in [0.05, 0.1) is 12.7 Å². The number of hydrogen-bond acceptors (Lipinski definition) is 3. The Labute approximate surface area is 166 Å². The van der Waals surface area contributed by atoms with Gasteiger partial charge in [-0.2, -0.15) is 5.10 Å². The highest BCUT2D eigenvalue weighted by Crippen LogP contribution is 2.39. The molecular formula is C22H26N4S. The molecule has 4 rings (SSSR count). The Hall–Kier alpha value is -2.24. The van der Waals surface area contributed by atoms with Crippen LogP contribution >= 0.6 is 12.2 Å². The van der Waals surface area contributed by atoms with Gasteiger partial charge in [0.15, 0.2) is 4.77 Å². The van der Waals surface area contributed by atoms with Crippen LogP contribution in [0, 0.1) is 4.77 Å². The molecular weight excluding hydrogens is 352 g/mol. The van der Waals surface area contributed by atoms with E-state index in [0.717, 1.165) is 17.1 Å². The van der Waals surface area contributed by atoms with Gasteiger partial charge in [0, 0.05) is 12.5 Å². The molecule has 0 radical (unpaired) electrons. The molecule has 0 bridgehead atoms. The Bertz CT molecular complexity index is 902. The summed E-state index contributed by atoms with van der Waals surface area (Å²) in [4.78, 5) is 2.32. The molecule has 27 heavy (non-hydrogen) atoms. The van der Waals surface area contributed by atoms with E-state index >= 15 is 0 Å². The minimum atomic E-state index is 0.158. The lowest BCUT2D eigenvalue weighted by Crippen LogP contribution is -2.28. The summed E-state index contributed by atoms with van der Waals surface area (Å²) in [5, 5.41) is 4.89. The Morgan fingerprint density at radius 1 is 1.04 bits per heavy atom. The molecule has 1 aliphatic carbocycles. The molecule has 1 aromatic heterocycles. The van der Waals surface area contributed by atoms with Gasteiger partial charge < -0.3 is 4.57 Å². The van der Waals surface area contributed by atoms with E-state index in [1.807, 2.05) is 4.68 Å². The summed E-state index contributed by atoms with van der Waals surface area (Å²) in [6.45, 7) is 3.70. The van der Waals surface area contributed by atoms with Crippen LogP contribution in [0.4, 0.5) is 0 Å². The highest BCUT2D eigenvalue weighted by atomic mass is 32.1. The fourth-order valence-electron chi connectivity index (χ4n) is 3.76. The molecule has 0 aliphatic heterocycles. The highest BCUT2D eigenvalue weighted by Gasteiger charge is 2.30. The monoisotopic (exact) mass is 378 g/mol. The van der Waals surface area contributed by atoms with E-state index < -0.39 is 0 Å². The van der Waals surface area contributed by atoms with Gasteiger partial charge in [-0.1, -0.05) is 60.7 Å². The second kappa shape index (κ2) is 7.79. The summed E-state index contributed by atoms with van der Waals surface area (Å²) in [6.07, 6.45) is 2.47. The van der Waals surface area contributed by atoms with Crippen LogP contribution in [0.25, 0.3) is 0 Å². The lowest BCUT2D eigenvalue weighted by Gasteiger charge is -2.28. The molecule has 5 heteroatoms. The molecule has 0 saturated heterocycles. The molecule has 0 N–H and O–H groups in total. The molecule has 4 nitrogen and oxygen atoms in total. The summed E-state index contributed by atoms with van der Waals surface area (Å²) in [5.41, 5.74) is 2.55. The van der Waals surface area contributed by atoms with Crippen molar-refractivity contribution in [2.24, 2.45) is 0 Å². The first kappa shape index (κ1) is 18.1. The van der Waals surface area contributed by atoms with Crippen molar-refractivity contribution < 1.29 is 0 Å². The first-order valence-electron chi connectivity index (χ1n) is 9.66. The predicted octanol–water partition coefficient (Wildman–Crippen LogP) is 4.99. The molecule has 1 heterocycles. The lowest BCUT2D eigenvalue weighted by atomic mass is 9.98. The van der Waals surface area contributed by atoms with Gasteiger partial charge in [-0.05, 0) is 50.2 Å². The number of benzene rings is 2. The topological polar surface area (TPSA) is 26.0 Å². The second-order valence-electron chi connectivity index (χ2n) is 7.28. The normalized spacial score (nSPS) is 14.2. The van der Waals surface area contributed by atoms with Crippen molar-refractivity contribution in [3.05, 3.63) is 82.4 Å². The maximum absolute atomic E-state index is 5.73. The quantitative estimate of drug-likeness (QED) is 0.542. The smallest absolute Gasteiger partial charge is 0.199 e. The van der Waals surface area contributed by atoms with Crippen molar-refractivity contribution in [2.75, 3.05) is 7.05 Å². The fourth-order valence-corrected chi connectivity index (χ4v) is 4.08. The van der Waals surface area contributed by atoms with Crippen LogP contribution in [0.5, 0.6) is 0 Å². The molecule has 0 amide bonds. The average Bonchev–Trinajstić information content (AvgIpc) is 3.49. The highest BCUT2D eigenvalue weighted by molar-refractivity contribution is 7.71. The SMILES string of the molecule is CCn1c(C2CC2)nn(CN(C)C(c2ccccc2)c2ccccc2)c1=S. The molecule has 0 atom stereocenters. The zero-order valence-corrected chi connectivity index (χ0v) is 16.8. The Morgan fingerprint density at radius 2 is 1.59 bits per heavy atom.